The highest BCUT2D eigenvalue weighted by atomic mass is 19.3. The molecule has 4 saturated carbocycles. The third-order valence-electron chi connectivity index (χ3n) is 11.7. The zero-order chi connectivity index (χ0) is 31.4. The van der Waals surface area contributed by atoms with Crippen LogP contribution in [0.25, 0.3) is 0 Å². The van der Waals surface area contributed by atoms with Crippen LogP contribution in [0, 0.1) is 64.8 Å². The van der Waals surface area contributed by atoms with Crippen LogP contribution in [0.4, 0.5) is 26.3 Å². The van der Waals surface area contributed by atoms with Gasteiger partial charge in [0, 0.05) is 12.1 Å². The normalized spacial score (nSPS) is 34.2. The first kappa shape index (κ1) is 34.5. The van der Waals surface area contributed by atoms with E-state index in [2.05, 4.69) is 18.6 Å². The van der Waals surface area contributed by atoms with Crippen LogP contribution in [-0.4, -0.2) is 11.8 Å². The molecule has 0 aromatic heterocycles. The van der Waals surface area contributed by atoms with E-state index >= 15 is 0 Å². The number of benzene rings is 1. The average molecular weight is 617 g/mol. The highest BCUT2D eigenvalue weighted by molar-refractivity contribution is 5.25. The molecule has 0 N–H and O–H groups in total. The van der Waals surface area contributed by atoms with Gasteiger partial charge in [0.1, 0.15) is 11.4 Å². The van der Waals surface area contributed by atoms with Crippen LogP contribution in [0.3, 0.4) is 0 Å². The molecule has 7 heteroatoms. The quantitative estimate of drug-likeness (QED) is 0.228. The fourth-order valence-corrected chi connectivity index (χ4v) is 8.55. The first-order chi connectivity index (χ1) is 20.2. The van der Waals surface area contributed by atoms with Crippen molar-refractivity contribution in [1.82, 2.24) is 0 Å². The van der Waals surface area contributed by atoms with Crippen molar-refractivity contribution in [2.75, 3.05) is 0 Å². The van der Waals surface area contributed by atoms with Gasteiger partial charge in [0.25, 0.3) is 0 Å². The smallest absolute Gasteiger partial charge is 0.400 e. The number of ether oxygens (including phenoxy) is 1. The number of hydrogen-bond donors (Lipinski definition) is 0. The van der Waals surface area contributed by atoms with Crippen LogP contribution in [0.1, 0.15) is 130 Å². The van der Waals surface area contributed by atoms with Crippen LogP contribution in [0.2, 0.25) is 0 Å². The topological polar surface area (TPSA) is 9.23 Å². The molecule has 0 atom stereocenters. The summed E-state index contributed by atoms with van der Waals surface area (Å²) in [5, 5.41) is 0. The van der Waals surface area contributed by atoms with Crippen molar-refractivity contribution >= 4 is 0 Å². The molecule has 0 amide bonds. The predicted octanol–water partition coefficient (Wildman–Crippen LogP) is 12.1. The van der Waals surface area contributed by atoms with E-state index in [0.29, 0.717) is 42.7 Å². The molecule has 0 radical (unpaired) electrons. The largest absolute Gasteiger partial charge is 0.432 e. The third-order valence-corrected chi connectivity index (χ3v) is 11.7. The number of rotatable bonds is 6. The Kier molecular flexibility index (Phi) is 11.9. The Bertz CT molecular complexity index is 966. The predicted molar refractivity (Wildman–Crippen MR) is 160 cm³/mol. The molecule has 43 heavy (non-hydrogen) atoms. The molecule has 0 heterocycles. The van der Waals surface area contributed by atoms with Gasteiger partial charge < -0.3 is 4.74 Å². The maximum Gasteiger partial charge on any atom is 0.400 e. The minimum Gasteiger partial charge on any atom is -0.432 e. The molecule has 4 fully saturated rings. The van der Waals surface area contributed by atoms with E-state index in [0.717, 1.165) is 49.4 Å². The Hall–Kier alpha value is -1.40. The molecular formula is C36H54F6O. The third kappa shape index (κ3) is 9.55. The Morgan fingerprint density at radius 3 is 1.21 bits per heavy atom. The van der Waals surface area contributed by atoms with Gasteiger partial charge in [0.2, 0.25) is 0 Å². The summed E-state index contributed by atoms with van der Waals surface area (Å²) in [6.07, 6.45) is 13.9. The highest BCUT2D eigenvalue weighted by Gasteiger charge is 2.45. The maximum atomic E-state index is 14.4. The monoisotopic (exact) mass is 616 g/mol. The molecule has 4 aliphatic carbocycles. The molecule has 1 aromatic carbocycles. The molecule has 0 aliphatic heterocycles. The van der Waals surface area contributed by atoms with Crippen molar-refractivity contribution in [1.29, 1.82) is 0 Å². The molecule has 0 saturated heterocycles. The minimum absolute atomic E-state index is 0.321. The second-order valence-corrected chi connectivity index (χ2v) is 15.2. The summed E-state index contributed by atoms with van der Waals surface area (Å²) >= 11 is 0. The molecule has 4 aliphatic rings. The zero-order valence-electron chi connectivity index (χ0n) is 26.8. The summed E-state index contributed by atoms with van der Waals surface area (Å²) in [6, 6.07) is 0.919. The summed E-state index contributed by atoms with van der Waals surface area (Å²) in [5.41, 5.74) is -0.952. The Morgan fingerprint density at radius 2 is 0.860 bits per heavy atom. The van der Waals surface area contributed by atoms with Gasteiger partial charge in [-0.3, -0.25) is 0 Å². The van der Waals surface area contributed by atoms with E-state index in [1.807, 2.05) is 0 Å². The van der Waals surface area contributed by atoms with Crippen LogP contribution in [-0.2, 0) is 0 Å². The number of halogens is 6. The molecule has 0 bridgehead atoms. The summed E-state index contributed by atoms with van der Waals surface area (Å²) in [5.74, 6) is -1.41. The lowest BCUT2D eigenvalue weighted by molar-refractivity contribution is -0.224. The highest BCUT2D eigenvalue weighted by Crippen LogP contribution is 2.46. The zero-order valence-corrected chi connectivity index (χ0v) is 26.8. The van der Waals surface area contributed by atoms with E-state index < -0.39 is 40.9 Å². The van der Waals surface area contributed by atoms with Gasteiger partial charge in [0.05, 0.1) is 5.92 Å². The van der Waals surface area contributed by atoms with Gasteiger partial charge >= 0.3 is 6.11 Å². The second kappa shape index (κ2) is 14.8. The van der Waals surface area contributed by atoms with Crippen molar-refractivity contribution in [3.05, 3.63) is 29.6 Å². The molecule has 1 aromatic rings. The van der Waals surface area contributed by atoms with Gasteiger partial charge in [-0.1, -0.05) is 39.5 Å². The molecular weight excluding hydrogens is 562 g/mol. The van der Waals surface area contributed by atoms with Gasteiger partial charge in [-0.25, -0.2) is 17.6 Å². The molecule has 0 spiro atoms. The van der Waals surface area contributed by atoms with Gasteiger partial charge in [-0.2, -0.15) is 8.78 Å². The van der Waals surface area contributed by atoms with E-state index in [1.165, 1.54) is 64.2 Å². The molecule has 5 rings (SSSR count). The van der Waals surface area contributed by atoms with Crippen LogP contribution in [0.15, 0.2) is 12.1 Å². The van der Waals surface area contributed by atoms with Crippen molar-refractivity contribution < 1.29 is 31.1 Å². The van der Waals surface area contributed by atoms with Crippen molar-refractivity contribution in [3.8, 4) is 5.75 Å². The van der Waals surface area contributed by atoms with Crippen LogP contribution in [0.5, 0.6) is 5.75 Å². The second-order valence-electron chi connectivity index (χ2n) is 15.2. The molecule has 246 valence electrons. The van der Waals surface area contributed by atoms with E-state index in [9.17, 15) is 26.3 Å². The van der Waals surface area contributed by atoms with Crippen LogP contribution >= 0.6 is 0 Å². The Morgan fingerprint density at radius 1 is 0.535 bits per heavy atom. The lowest BCUT2D eigenvalue weighted by atomic mass is 9.67. The lowest BCUT2D eigenvalue weighted by Crippen LogP contribution is -2.38. The SMILES string of the molecule is CC1CCC(C2CCC(C(C)(C)F)CC2)CC1.CC1CCC(C2CCC(C(F)(F)Oc3cc(F)c(F)c(F)c3)CC2)CC1. The Labute approximate surface area is 255 Å². The van der Waals surface area contributed by atoms with Crippen LogP contribution < -0.4 is 4.74 Å². The van der Waals surface area contributed by atoms with E-state index in [-0.39, 0.29) is 0 Å². The summed E-state index contributed by atoms with van der Waals surface area (Å²) in [4.78, 5) is 0. The first-order valence-electron chi connectivity index (χ1n) is 17.1. The van der Waals surface area contributed by atoms with E-state index in [4.69, 9.17) is 0 Å². The number of alkyl halides is 3. The van der Waals surface area contributed by atoms with Gasteiger partial charge in [-0.05, 0) is 132 Å². The first-order valence-corrected chi connectivity index (χ1v) is 17.1. The fourth-order valence-electron chi connectivity index (χ4n) is 8.55. The minimum atomic E-state index is -3.53. The molecule has 0 unspecified atom stereocenters. The molecule has 1 nitrogen and oxygen atoms in total. The van der Waals surface area contributed by atoms with Crippen molar-refractivity contribution in [2.45, 2.75) is 142 Å². The fraction of sp³-hybridized carbons (Fsp3) is 0.833. The van der Waals surface area contributed by atoms with Crippen molar-refractivity contribution in [2.24, 2.45) is 47.3 Å². The average Bonchev–Trinajstić information content (AvgIpc) is 2.96. The van der Waals surface area contributed by atoms with Crippen molar-refractivity contribution in [3.63, 3.8) is 0 Å². The van der Waals surface area contributed by atoms with Gasteiger partial charge in [-0.15, -0.1) is 0 Å². The van der Waals surface area contributed by atoms with E-state index in [1.54, 1.807) is 13.8 Å². The standard InChI is InChI=1S/C20H25F5O.C16H29F/c1-12-2-4-13(5-3-12)14-6-8-15(9-7-14)20(24,25)26-16-10-17(21)19(23)18(22)11-16;1-12-4-6-13(7-5-12)14-8-10-15(11-9-14)16(2,3)17/h10-15H,2-9H2,1H3;12-15H,4-11H2,1-3H3. The summed E-state index contributed by atoms with van der Waals surface area (Å²) in [7, 11) is 0. The lowest BCUT2D eigenvalue weighted by Gasteiger charge is -2.39. The summed E-state index contributed by atoms with van der Waals surface area (Å²) < 4.78 is 86.7. The number of hydrogen-bond acceptors (Lipinski definition) is 1. The summed E-state index contributed by atoms with van der Waals surface area (Å²) in [6.45, 7) is 8.17. The maximum absolute atomic E-state index is 14.4. The Balaban J connectivity index is 0.000000215. The van der Waals surface area contributed by atoms with Gasteiger partial charge in [0.15, 0.2) is 17.5 Å².